The molecule has 0 spiro atoms. The summed E-state index contributed by atoms with van der Waals surface area (Å²) in [6.07, 6.45) is 6.65. The van der Waals surface area contributed by atoms with E-state index in [-0.39, 0.29) is 0 Å². The van der Waals surface area contributed by atoms with Crippen molar-refractivity contribution in [2.45, 2.75) is 0 Å². The van der Waals surface area contributed by atoms with Crippen molar-refractivity contribution in [1.29, 1.82) is 5.41 Å². The van der Waals surface area contributed by atoms with Crippen LogP contribution in [0.1, 0.15) is 0 Å². The Balaban J connectivity index is 3.46. The fourth-order valence-corrected chi connectivity index (χ4v) is 0.0361. The van der Waals surface area contributed by atoms with Gasteiger partial charge >= 0.3 is 0 Å². The summed E-state index contributed by atoms with van der Waals surface area (Å²) >= 11 is 0. The first-order valence-electron chi connectivity index (χ1n) is 1.04. The van der Waals surface area contributed by atoms with Crippen LogP contribution in [-0.4, -0.2) is 5.87 Å². The Bertz CT molecular complexity index is 90.7. The van der Waals surface area contributed by atoms with Crippen LogP contribution in [0, 0.1) is 23.8 Å². The van der Waals surface area contributed by atoms with Crippen LogP contribution >= 0.6 is 0 Å². The summed E-state index contributed by atoms with van der Waals surface area (Å²) in [5, 5.41) is 6.10. The van der Waals surface area contributed by atoms with Crippen LogP contribution < -0.4 is 0 Å². The minimum absolute atomic E-state index is 1.78. The number of nitrogens with one attached hydrogen (secondary N) is 1. The Labute approximate surface area is 30.8 Å². The molecule has 0 aromatic rings. The number of terminal acetylenes is 1. The van der Waals surface area contributed by atoms with Gasteiger partial charge in [-0.1, -0.05) is 0 Å². The van der Waals surface area contributed by atoms with E-state index in [2.05, 4.69) is 12.5 Å². The standard InChI is InChI=1S/C4H2N/c1-2-3-4-5/h1,5H/q+1. The molecule has 0 aliphatic rings. The molecular weight excluding hydrogens is 62.1 g/mol. The highest BCUT2D eigenvalue weighted by molar-refractivity contribution is 5.47. The second-order valence-electron chi connectivity index (χ2n) is 0.394. The molecule has 0 radical (unpaired) electrons. The molecule has 0 saturated heterocycles. The van der Waals surface area contributed by atoms with E-state index in [9.17, 15) is 0 Å². The summed E-state index contributed by atoms with van der Waals surface area (Å²) in [4.78, 5) is 0. The zero-order valence-electron chi connectivity index (χ0n) is 2.58. The van der Waals surface area contributed by atoms with Gasteiger partial charge in [-0.2, -0.15) is 0 Å². The second kappa shape index (κ2) is 2.92. The third-order valence-corrected chi connectivity index (χ3v) is 0.135. The molecule has 0 aromatic carbocycles. The summed E-state index contributed by atoms with van der Waals surface area (Å²) in [6, 6.07) is 0. The molecule has 5 heavy (non-hydrogen) atoms. The highest BCUT2D eigenvalue weighted by Gasteiger charge is 1.57. The third kappa shape index (κ3) is 2.92. The van der Waals surface area contributed by atoms with Crippen molar-refractivity contribution in [3.63, 3.8) is 0 Å². The maximum atomic E-state index is 6.10. The van der Waals surface area contributed by atoms with Crippen LogP contribution in [-0.2, 0) is 0 Å². The first kappa shape index (κ1) is 3.92. The molecule has 0 atom stereocenters. The molecule has 22 valence electrons. The second-order valence-corrected chi connectivity index (χ2v) is 0.394. The van der Waals surface area contributed by atoms with Gasteiger partial charge in [0.2, 0.25) is 12.0 Å². The number of hydrogen-bond donors (Lipinski definition) is 1. The molecule has 0 amide bonds. The molecule has 0 heterocycles. The summed E-state index contributed by atoms with van der Waals surface area (Å²) in [6.45, 7) is 0. The van der Waals surface area contributed by atoms with E-state index in [0.29, 0.717) is 0 Å². The molecule has 1 heteroatoms. The molecule has 0 unspecified atom stereocenters. The molecule has 0 fully saturated rings. The van der Waals surface area contributed by atoms with Gasteiger partial charge in [0, 0.05) is 0 Å². The van der Waals surface area contributed by atoms with Gasteiger partial charge in [0.25, 0.3) is 0 Å². The topological polar surface area (TPSA) is 23.9 Å². The highest BCUT2D eigenvalue weighted by Crippen LogP contribution is 1.37. The van der Waals surface area contributed by atoms with E-state index >= 15 is 0 Å². The average Bonchev–Trinajstić information content (AvgIpc) is 1.41. The van der Waals surface area contributed by atoms with Crippen molar-refractivity contribution < 1.29 is 0 Å². The Morgan fingerprint density at radius 2 is 2.40 bits per heavy atom. The van der Waals surface area contributed by atoms with Gasteiger partial charge in [-0.05, 0) is 0 Å². The molecule has 0 rings (SSSR count). The summed E-state index contributed by atoms with van der Waals surface area (Å²) in [5.74, 6) is 3.75. The van der Waals surface area contributed by atoms with Crippen molar-refractivity contribution in [2.24, 2.45) is 0 Å². The molecular formula is C4H2N+. The van der Waals surface area contributed by atoms with Crippen molar-refractivity contribution in [1.82, 2.24) is 0 Å². The predicted octanol–water partition coefficient (Wildman–Crippen LogP) is 0.227. The Kier molecular flexibility index (Phi) is 2.29. The number of allylic oxidation sites excluding steroid dienone is 1. The lowest BCUT2D eigenvalue weighted by molar-refractivity contribution is 1.59. The SMILES string of the molecule is C#C[C+]=C=N. The predicted molar refractivity (Wildman–Crippen MR) is 19.8 cm³/mol. The maximum absolute atomic E-state index is 6.10. The summed E-state index contributed by atoms with van der Waals surface area (Å²) in [5.41, 5.74) is 0. The number of hydrogen-bond acceptors (Lipinski definition) is 1. The average molecular weight is 64.1 g/mol. The van der Waals surface area contributed by atoms with E-state index in [0.717, 1.165) is 0 Å². The van der Waals surface area contributed by atoms with Crippen LogP contribution in [0.25, 0.3) is 0 Å². The Hall–Kier alpha value is -1.08. The molecule has 0 bridgehead atoms. The fourth-order valence-electron chi connectivity index (χ4n) is 0.0361. The van der Waals surface area contributed by atoms with Gasteiger partial charge < -0.3 is 0 Å². The first-order valence-corrected chi connectivity index (χ1v) is 1.04. The zero-order valence-corrected chi connectivity index (χ0v) is 2.58. The van der Waals surface area contributed by atoms with Gasteiger partial charge in [0.05, 0.1) is 0 Å². The van der Waals surface area contributed by atoms with Crippen molar-refractivity contribution in [3.8, 4) is 12.3 Å². The molecule has 1 nitrogen and oxygen atoms in total. The highest BCUT2D eigenvalue weighted by atomic mass is 14.3. The largest absolute Gasteiger partial charge is 0.239 e. The lowest BCUT2D eigenvalue weighted by Gasteiger charge is -1.20. The summed E-state index contributed by atoms with van der Waals surface area (Å²) < 4.78 is 0. The Morgan fingerprint density at radius 1 is 1.80 bits per heavy atom. The molecule has 1 N–H and O–H groups in total. The maximum Gasteiger partial charge on any atom is 0.239 e. The molecule has 0 aromatic heterocycles. The van der Waals surface area contributed by atoms with Gasteiger partial charge in [-0.15, -0.1) is 0 Å². The number of rotatable bonds is 0. The van der Waals surface area contributed by atoms with Gasteiger partial charge in [-0.25, -0.2) is 5.41 Å². The van der Waals surface area contributed by atoms with Crippen LogP contribution in [0.5, 0.6) is 0 Å². The lowest BCUT2D eigenvalue weighted by Crippen LogP contribution is -1.40. The minimum atomic E-state index is 1.78. The fraction of sp³-hybridized carbons (Fsp3) is 0. The monoisotopic (exact) mass is 64.0 g/mol. The van der Waals surface area contributed by atoms with E-state index in [1.54, 1.807) is 5.87 Å². The Morgan fingerprint density at radius 3 is 2.40 bits per heavy atom. The normalized spacial score (nSPS) is 3.00. The molecule has 0 aliphatic carbocycles. The van der Waals surface area contributed by atoms with E-state index in [4.69, 9.17) is 5.41 Å². The van der Waals surface area contributed by atoms with Crippen LogP contribution in [0.3, 0.4) is 0 Å². The smallest absolute Gasteiger partial charge is 0.230 e. The van der Waals surface area contributed by atoms with Crippen molar-refractivity contribution >= 4 is 5.87 Å². The van der Waals surface area contributed by atoms with Crippen molar-refractivity contribution in [2.75, 3.05) is 0 Å². The third-order valence-electron chi connectivity index (χ3n) is 0.135. The van der Waals surface area contributed by atoms with Crippen molar-refractivity contribution in [3.05, 3.63) is 6.08 Å². The van der Waals surface area contributed by atoms with E-state index < -0.39 is 0 Å². The van der Waals surface area contributed by atoms with Crippen LogP contribution in [0.4, 0.5) is 0 Å². The molecule has 0 saturated carbocycles. The van der Waals surface area contributed by atoms with Gasteiger partial charge in [-0.3, -0.25) is 0 Å². The van der Waals surface area contributed by atoms with E-state index in [1.807, 2.05) is 5.92 Å². The zero-order chi connectivity index (χ0) is 4.12. The van der Waals surface area contributed by atoms with Gasteiger partial charge in [0.15, 0.2) is 5.87 Å². The van der Waals surface area contributed by atoms with Crippen LogP contribution in [0.15, 0.2) is 0 Å². The first-order chi connectivity index (χ1) is 2.41. The van der Waals surface area contributed by atoms with Gasteiger partial charge in [0.1, 0.15) is 6.42 Å². The van der Waals surface area contributed by atoms with Crippen LogP contribution in [0.2, 0.25) is 0 Å². The lowest BCUT2D eigenvalue weighted by atomic mass is 10.7. The van der Waals surface area contributed by atoms with E-state index in [1.165, 1.54) is 0 Å². The molecule has 0 aliphatic heterocycles. The quantitative estimate of drug-likeness (QED) is 0.237. The minimum Gasteiger partial charge on any atom is -0.230 e. The summed E-state index contributed by atoms with van der Waals surface area (Å²) in [7, 11) is 0.